The number of anilines is 2. The van der Waals surface area contributed by atoms with E-state index >= 15 is 0 Å². The lowest BCUT2D eigenvalue weighted by molar-refractivity contribution is 0.355. The summed E-state index contributed by atoms with van der Waals surface area (Å²) in [6, 6.07) is 11.4. The number of rotatable bonds is 3. The van der Waals surface area contributed by atoms with Crippen molar-refractivity contribution in [3.8, 4) is 11.5 Å². The maximum Gasteiger partial charge on any atom is 0.162 e. The van der Waals surface area contributed by atoms with E-state index in [1.54, 1.807) is 14.2 Å². The van der Waals surface area contributed by atoms with E-state index in [0.29, 0.717) is 16.5 Å². The van der Waals surface area contributed by atoms with Gasteiger partial charge in [0.1, 0.15) is 0 Å². The highest BCUT2D eigenvalue weighted by molar-refractivity contribution is 6.30. The third-order valence-electron chi connectivity index (χ3n) is 3.57. The van der Waals surface area contributed by atoms with Crippen LogP contribution in [-0.4, -0.2) is 20.4 Å². The zero-order valence-electron chi connectivity index (χ0n) is 13.2. The van der Waals surface area contributed by atoms with Crippen LogP contribution in [0.2, 0.25) is 5.02 Å². The molecule has 0 bridgehead atoms. The molecule has 5 heteroatoms. The summed E-state index contributed by atoms with van der Waals surface area (Å²) in [5.74, 6) is 1.34. The first kappa shape index (κ1) is 15.4. The van der Waals surface area contributed by atoms with Gasteiger partial charge in [0.15, 0.2) is 11.5 Å². The molecule has 2 aromatic carbocycles. The van der Waals surface area contributed by atoms with Crippen molar-refractivity contribution >= 4 is 35.3 Å². The summed E-state index contributed by atoms with van der Waals surface area (Å²) in [6.07, 6.45) is 3.88. The summed E-state index contributed by atoms with van der Waals surface area (Å²) in [7, 11) is 3.25. The molecule has 0 aliphatic carbocycles. The fourth-order valence-corrected chi connectivity index (χ4v) is 2.67. The fraction of sp³-hybridized carbons (Fsp3) is 0.167. The zero-order valence-corrected chi connectivity index (χ0v) is 14.0. The van der Waals surface area contributed by atoms with E-state index in [0.717, 1.165) is 22.5 Å². The molecule has 0 saturated heterocycles. The minimum atomic E-state index is 0.654. The Morgan fingerprint density at radius 2 is 1.78 bits per heavy atom. The quantitative estimate of drug-likeness (QED) is 0.803. The average molecular weight is 329 g/mol. The molecule has 4 nitrogen and oxygen atoms in total. The van der Waals surface area contributed by atoms with Crippen LogP contribution in [0.1, 0.15) is 12.5 Å². The predicted octanol–water partition coefficient (Wildman–Crippen LogP) is 4.90. The Kier molecular flexibility index (Phi) is 4.26. The van der Waals surface area contributed by atoms with Crippen LogP contribution in [0.5, 0.6) is 11.5 Å². The fourth-order valence-electron chi connectivity index (χ4n) is 2.49. The molecule has 0 atom stereocenters. The number of ether oxygens (including phenoxy) is 2. The Balaban J connectivity index is 2.21. The first-order valence-corrected chi connectivity index (χ1v) is 7.54. The molecule has 1 aliphatic rings. The second-order valence-corrected chi connectivity index (χ2v) is 5.63. The third-order valence-corrected chi connectivity index (χ3v) is 3.81. The number of fused-ring (bicyclic) bond motifs is 1. The molecular weight excluding hydrogens is 312 g/mol. The Hall–Kier alpha value is -2.46. The number of allylic oxidation sites excluding steroid dienone is 1. The van der Waals surface area contributed by atoms with Gasteiger partial charge in [-0.15, -0.1) is 0 Å². The number of benzene rings is 2. The van der Waals surface area contributed by atoms with Crippen molar-refractivity contribution in [3.63, 3.8) is 0 Å². The monoisotopic (exact) mass is 328 g/mol. The van der Waals surface area contributed by atoms with Gasteiger partial charge in [0.05, 0.1) is 31.8 Å². The smallest absolute Gasteiger partial charge is 0.162 e. The molecule has 23 heavy (non-hydrogen) atoms. The van der Waals surface area contributed by atoms with Crippen molar-refractivity contribution in [2.24, 2.45) is 5.10 Å². The van der Waals surface area contributed by atoms with Crippen molar-refractivity contribution in [1.82, 2.24) is 0 Å². The molecule has 0 aromatic heterocycles. The van der Waals surface area contributed by atoms with Crippen LogP contribution in [0.3, 0.4) is 0 Å². The highest BCUT2D eigenvalue weighted by Gasteiger charge is 2.18. The zero-order chi connectivity index (χ0) is 16.4. The van der Waals surface area contributed by atoms with Crippen LogP contribution in [0.15, 0.2) is 47.1 Å². The Morgan fingerprint density at radius 1 is 1.04 bits per heavy atom. The molecule has 118 valence electrons. The van der Waals surface area contributed by atoms with E-state index < -0.39 is 0 Å². The second-order valence-electron chi connectivity index (χ2n) is 5.19. The van der Waals surface area contributed by atoms with Crippen molar-refractivity contribution in [2.75, 3.05) is 19.2 Å². The first-order chi connectivity index (χ1) is 11.1. The number of hydrogen-bond donors (Lipinski definition) is 0. The molecule has 0 radical (unpaired) electrons. The summed E-state index contributed by atoms with van der Waals surface area (Å²) in [5, 5.41) is 7.08. The molecule has 2 aromatic rings. The molecule has 0 N–H and O–H groups in total. The maximum atomic E-state index is 6.13. The Morgan fingerprint density at radius 3 is 2.48 bits per heavy atom. The summed E-state index contributed by atoms with van der Waals surface area (Å²) in [6.45, 7) is 2.01. The molecule has 0 amide bonds. The SMILES string of the molecule is COc1cc2c(cc1OC)N(c1cccc(Cl)c1)N=CC(C)=C2. The summed E-state index contributed by atoms with van der Waals surface area (Å²) < 4.78 is 10.8. The highest BCUT2D eigenvalue weighted by Crippen LogP contribution is 2.40. The Labute approximate surface area is 140 Å². The number of hydrazone groups is 1. The van der Waals surface area contributed by atoms with Gasteiger partial charge in [0.25, 0.3) is 0 Å². The van der Waals surface area contributed by atoms with Crippen LogP contribution < -0.4 is 14.5 Å². The van der Waals surface area contributed by atoms with Crippen LogP contribution in [-0.2, 0) is 0 Å². The molecular formula is C18H17ClN2O2. The van der Waals surface area contributed by atoms with Gasteiger partial charge in [-0.25, -0.2) is 5.01 Å². The third kappa shape index (κ3) is 3.03. The van der Waals surface area contributed by atoms with E-state index in [1.165, 1.54) is 0 Å². The highest BCUT2D eigenvalue weighted by atomic mass is 35.5. The largest absolute Gasteiger partial charge is 0.493 e. The molecule has 0 spiro atoms. The summed E-state index contributed by atoms with van der Waals surface area (Å²) in [5.41, 5.74) is 3.82. The van der Waals surface area contributed by atoms with Gasteiger partial charge in [-0.3, -0.25) is 0 Å². The molecule has 1 heterocycles. The van der Waals surface area contributed by atoms with E-state index in [1.807, 2.05) is 54.5 Å². The van der Waals surface area contributed by atoms with Crippen molar-refractivity contribution in [3.05, 3.63) is 52.6 Å². The number of hydrogen-bond acceptors (Lipinski definition) is 4. The van der Waals surface area contributed by atoms with Gasteiger partial charge >= 0.3 is 0 Å². The van der Waals surface area contributed by atoms with Crippen molar-refractivity contribution < 1.29 is 9.47 Å². The van der Waals surface area contributed by atoms with Crippen molar-refractivity contribution in [2.45, 2.75) is 6.92 Å². The molecule has 1 aliphatic heterocycles. The number of methoxy groups -OCH3 is 2. The normalized spacial score (nSPS) is 13.2. The molecule has 0 saturated carbocycles. The number of halogens is 1. The average Bonchev–Trinajstić information content (AvgIpc) is 2.71. The van der Waals surface area contributed by atoms with E-state index in [4.69, 9.17) is 21.1 Å². The molecule has 3 rings (SSSR count). The van der Waals surface area contributed by atoms with E-state index in [-0.39, 0.29) is 0 Å². The number of nitrogens with zero attached hydrogens (tertiary/aromatic N) is 2. The first-order valence-electron chi connectivity index (χ1n) is 7.16. The lowest BCUT2D eigenvalue weighted by Gasteiger charge is -2.22. The van der Waals surface area contributed by atoms with Gasteiger partial charge in [-0.2, -0.15) is 5.10 Å². The lowest BCUT2D eigenvalue weighted by atomic mass is 10.1. The predicted molar refractivity (Wildman–Crippen MR) is 95.3 cm³/mol. The van der Waals surface area contributed by atoms with Gasteiger partial charge in [0, 0.05) is 16.7 Å². The lowest BCUT2D eigenvalue weighted by Crippen LogP contribution is -2.10. The Bertz CT molecular complexity index is 800. The van der Waals surface area contributed by atoms with Crippen LogP contribution in [0.4, 0.5) is 11.4 Å². The standard InChI is InChI=1S/C18H17ClN2O2/c1-12-7-13-8-17(22-2)18(23-3)10-16(13)21(20-11-12)15-6-4-5-14(19)9-15/h4-11H,1-3H3. The van der Waals surface area contributed by atoms with Crippen LogP contribution >= 0.6 is 11.6 Å². The minimum Gasteiger partial charge on any atom is -0.493 e. The topological polar surface area (TPSA) is 34.1 Å². The molecule has 0 fully saturated rings. The van der Waals surface area contributed by atoms with Crippen molar-refractivity contribution in [1.29, 1.82) is 0 Å². The summed E-state index contributed by atoms with van der Waals surface area (Å²) in [4.78, 5) is 0. The van der Waals surface area contributed by atoms with Crippen LogP contribution in [0.25, 0.3) is 6.08 Å². The van der Waals surface area contributed by atoms with Crippen LogP contribution in [0, 0.1) is 0 Å². The summed E-state index contributed by atoms with van der Waals surface area (Å²) >= 11 is 6.13. The second kappa shape index (κ2) is 6.34. The molecule has 0 unspecified atom stereocenters. The van der Waals surface area contributed by atoms with E-state index in [9.17, 15) is 0 Å². The minimum absolute atomic E-state index is 0.654. The van der Waals surface area contributed by atoms with Gasteiger partial charge < -0.3 is 9.47 Å². The van der Waals surface area contributed by atoms with Gasteiger partial charge in [-0.05, 0) is 42.8 Å². The maximum absolute atomic E-state index is 6.13. The van der Waals surface area contributed by atoms with Gasteiger partial charge in [-0.1, -0.05) is 17.7 Å². The van der Waals surface area contributed by atoms with Gasteiger partial charge in [0.2, 0.25) is 0 Å². The van der Waals surface area contributed by atoms with E-state index in [2.05, 4.69) is 11.2 Å².